The molecule has 0 radical (unpaired) electrons. The molecule has 0 unspecified atom stereocenters. The highest BCUT2D eigenvalue weighted by atomic mass is 16.5. The minimum absolute atomic E-state index is 0.0223. The van der Waals surface area contributed by atoms with Crippen molar-refractivity contribution < 1.29 is 23.9 Å². The summed E-state index contributed by atoms with van der Waals surface area (Å²) in [5, 5.41) is 2.91. The number of amides is 3. The third-order valence-corrected chi connectivity index (χ3v) is 6.85. The first-order chi connectivity index (χ1) is 17.3. The van der Waals surface area contributed by atoms with Gasteiger partial charge in [0.05, 0.1) is 17.7 Å². The van der Waals surface area contributed by atoms with Crippen LogP contribution in [0.1, 0.15) is 47.4 Å². The smallest absolute Gasteiger partial charge is 0.257 e. The number of benzene rings is 1. The Kier molecular flexibility index (Phi) is 7.88. The van der Waals surface area contributed by atoms with E-state index >= 15 is 0 Å². The Bertz CT molecular complexity index is 1100. The van der Waals surface area contributed by atoms with Crippen molar-refractivity contribution in [3.63, 3.8) is 0 Å². The molecular weight excluding hydrogens is 460 g/mol. The number of carbonyl (C=O) groups is 3. The minimum atomic E-state index is -0.296. The van der Waals surface area contributed by atoms with Crippen LogP contribution in [0.5, 0.6) is 5.75 Å². The lowest BCUT2D eigenvalue weighted by molar-refractivity contribution is -0.117. The van der Waals surface area contributed by atoms with Crippen molar-refractivity contribution >= 4 is 23.4 Å². The summed E-state index contributed by atoms with van der Waals surface area (Å²) in [6.45, 7) is 4.89. The van der Waals surface area contributed by atoms with Crippen LogP contribution in [0.3, 0.4) is 0 Å². The van der Waals surface area contributed by atoms with Gasteiger partial charge in [0.25, 0.3) is 11.8 Å². The lowest BCUT2D eigenvalue weighted by Crippen LogP contribution is -2.48. The summed E-state index contributed by atoms with van der Waals surface area (Å²) in [6, 6.07) is 8.18. The lowest BCUT2D eigenvalue weighted by Gasteiger charge is -2.36. The van der Waals surface area contributed by atoms with Crippen molar-refractivity contribution in [2.75, 3.05) is 39.2 Å². The fourth-order valence-electron chi connectivity index (χ4n) is 4.38. The number of aromatic nitrogens is 1. The molecule has 1 N–H and O–H groups in total. The molecule has 2 heterocycles. The molecular formula is C27H34N4O5. The van der Waals surface area contributed by atoms with E-state index in [9.17, 15) is 14.4 Å². The first-order valence-electron chi connectivity index (χ1n) is 12.4. The zero-order chi connectivity index (χ0) is 25.8. The number of pyridine rings is 1. The number of ether oxygens (including phenoxy) is 2. The average Bonchev–Trinajstić information content (AvgIpc) is 3.74. The number of hydrogen-bond acceptors (Lipinski definition) is 6. The molecule has 4 rings (SSSR count). The average molecular weight is 495 g/mol. The molecule has 1 aromatic heterocycles. The molecule has 192 valence electrons. The predicted molar refractivity (Wildman–Crippen MR) is 135 cm³/mol. The Labute approximate surface area is 211 Å². The van der Waals surface area contributed by atoms with E-state index in [1.165, 1.54) is 0 Å². The number of rotatable bonds is 4. The molecule has 1 aliphatic carbocycles. The van der Waals surface area contributed by atoms with Gasteiger partial charge in [-0.05, 0) is 44.0 Å². The summed E-state index contributed by atoms with van der Waals surface area (Å²) in [5.74, 6) is 0.0367. The van der Waals surface area contributed by atoms with E-state index in [2.05, 4.69) is 10.3 Å². The monoisotopic (exact) mass is 494 g/mol. The third kappa shape index (κ3) is 5.84. The largest absolute Gasteiger partial charge is 0.491 e. The molecule has 3 atom stereocenters. The van der Waals surface area contributed by atoms with Crippen LogP contribution in [0, 0.1) is 11.8 Å². The van der Waals surface area contributed by atoms with Crippen molar-refractivity contribution in [1.29, 1.82) is 0 Å². The topological polar surface area (TPSA) is 101 Å². The van der Waals surface area contributed by atoms with Gasteiger partial charge in [-0.1, -0.05) is 6.92 Å². The van der Waals surface area contributed by atoms with Crippen LogP contribution in [0.15, 0.2) is 42.7 Å². The highest BCUT2D eigenvalue weighted by Crippen LogP contribution is 2.32. The molecule has 1 fully saturated rings. The lowest BCUT2D eigenvalue weighted by atomic mass is 10.0. The van der Waals surface area contributed by atoms with Gasteiger partial charge in [0.15, 0.2) is 0 Å². The number of nitrogens with zero attached hydrogens (tertiary/aromatic N) is 3. The summed E-state index contributed by atoms with van der Waals surface area (Å²) < 4.78 is 11.9. The SMILES string of the molecule is CO[C@H]1CN(C)C(=O)c2ccc(NC(=O)C3CC3)cc2OC[C@@H](C)N(C(=O)c2ccncc2)C[C@@H]1C. The first kappa shape index (κ1) is 25.6. The predicted octanol–water partition coefficient (Wildman–Crippen LogP) is 3.08. The summed E-state index contributed by atoms with van der Waals surface area (Å²) >= 11 is 0. The summed E-state index contributed by atoms with van der Waals surface area (Å²) in [6.07, 6.45) is 4.71. The summed E-state index contributed by atoms with van der Waals surface area (Å²) in [4.78, 5) is 46.5. The van der Waals surface area contributed by atoms with Crippen LogP contribution in [0.2, 0.25) is 0 Å². The Balaban J connectivity index is 1.66. The van der Waals surface area contributed by atoms with Crippen molar-refractivity contribution in [2.24, 2.45) is 11.8 Å². The van der Waals surface area contributed by atoms with Gasteiger partial charge in [0.1, 0.15) is 12.4 Å². The van der Waals surface area contributed by atoms with Crippen molar-refractivity contribution in [1.82, 2.24) is 14.8 Å². The second-order valence-corrected chi connectivity index (χ2v) is 9.77. The molecule has 9 nitrogen and oxygen atoms in total. The van der Waals surface area contributed by atoms with Crippen molar-refractivity contribution in [2.45, 2.75) is 38.8 Å². The van der Waals surface area contributed by atoms with Gasteiger partial charge in [-0.25, -0.2) is 0 Å². The van der Waals surface area contributed by atoms with E-state index in [1.54, 1.807) is 66.7 Å². The van der Waals surface area contributed by atoms with Gasteiger partial charge in [0, 0.05) is 68.8 Å². The van der Waals surface area contributed by atoms with Crippen LogP contribution in [0.25, 0.3) is 0 Å². The standard InChI is InChI=1S/C27H34N4O5/c1-17-14-31(26(33)20-9-11-28-12-10-20)18(2)16-36-23-13-21(29-25(32)19-5-6-19)7-8-22(23)27(34)30(3)15-24(17)35-4/h7-13,17-19,24H,5-6,14-16H2,1-4H3,(H,29,32)/t17-,18+,24-/m0/s1. The molecule has 36 heavy (non-hydrogen) atoms. The van der Waals surface area contributed by atoms with E-state index in [0.717, 1.165) is 12.8 Å². The number of likely N-dealkylation sites (N-methyl/N-ethyl adjacent to an activating group) is 1. The molecule has 2 aliphatic rings. The number of carbonyl (C=O) groups excluding carboxylic acids is 3. The summed E-state index contributed by atoms with van der Waals surface area (Å²) in [7, 11) is 3.34. The van der Waals surface area contributed by atoms with Gasteiger partial charge in [-0.2, -0.15) is 0 Å². The molecule has 0 spiro atoms. The molecule has 0 bridgehead atoms. The van der Waals surface area contributed by atoms with E-state index in [4.69, 9.17) is 9.47 Å². The Morgan fingerprint density at radius 2 is 1.83 bits per heavy atom. The van der Waals surface area contributed by atoms with Gasteiger partial charge < -0.3 is 24.6 Å². The van der Waals surface area contributed by atoms with Crippen LogP contribution >= 0.6 is 0 Å². The number of methoxy groups -OCH3 is 1. The normalized spacial score (nSPS) is 23.1. The molecule has 1 aliphatic heterocycles. The number of nitrogens with one attached hydrogen (secondary N) is 1. The highest BCUT2D eigenvalue weighted by molar-refractivity contribution is 5.99. The molecule has 0 saturated heterocycles. The second kappa shape index (κ2) is 11.1. The number of hydrogen-bond donors (Lipinski definition) is 1. The fraction of sp³-hybridized carbons (Fsp3) is 0.481. The first-order valence-corrected chi connectivity index (χ1v) is 12.4. The maximum atomic E-state index is 13.5. The third-order valence-electron chi connectivity index (χ3n) is 6.85. The van der Waals surface area contributed by atoms with Gasteiger partial charge in [-0.15, -0.1) is 0 Å². The Morgan fingerprint density at radius 1 is 1.11 bits per heavy atom. The summed E-state index contributed by atoms with van der Waals surface area (Å²) in [5.41, 5.74) is 1.51. The van der Waals surface area contributed by atoms with Gasteiger partial charge >= 0.3 is 0 Å². The molecule has 1 saturated carbocycles. The van der Waals surface area contributed by atoms with Gasteiger partial charge in [0.2, 0.25) is 5.91 Å². The molecule has 2 aromatic rings. The molecule has 1 aromatic carbocycles. The maximum Gasteiger partial charge on any atom is 0.257 e. The van der Waals surface area contributed by atoms with Crippen molar-refractivity contribution in [3.8, 4) is 5.75 Å². The maximum absolute atomic E-state index is 13.5. The fourth-order valence-corrected chi connectivity index (χ4v) is 4.38. The Hall–Kier alpha value is -3.46. The van der Waals surface area contributed by atoms with E-state index in [1.807, 2.05) is 13.8 Å². The van der Waals surface area contributed by atoms with E-state index < -0.39 is 0 Å². The molecule has 3 amide bonds. The van der Waals surface area contributed by atoms with Crippen LogP contribution in [-0.2, 0) is 9.53 Å². The van der Waals surface area contributed by atoms with E-state index in [0.29, 0.717) is 35.7 Å². The number of anilines is 1. The number of fused-ring (bicyclic) bond motifs is 1. The zero-order valence-corrected chi connectivity index (χ0v) is 21.3. The van der Waals surface area contributed by atoms with Crippen LogP contribution < -0.4 is 10.1 Å². The Morgan fingerprint density at radius 3 is 2.50 bits per heavy atom. The quantitative estimate of drug-likeness (QED) is 0.701. The minimum Gasteiger partial charge on any atom is -0.491 e. The molecule has 9 heteroatoms. The highest BCUT2D eigenvalue weighted by Gasteiger charge is 2.32. The van der Waals surface area contributed by atoms with Crippen LogP contribution in [-0.4, -0.2) is 78.5 Å². The van der Waals surface area contributed by atoms with Crippen LogP contribution in [0.4, 0.5) is 5.69 Å². The zero-order valence-electron chi connectivity index (χ0n) is 21.3. The van der Waals surface area contributed by atoms with Crippen molar-refractivity contribution in [3.05, 3.63) is 53.9 Å². The van der Waals surface area contributed by atoms with E-state index in [-0.39, 0.29) is 48.3 Å². The second-order valence-electron chi connectivity index (χ2n) is 9.77. The van der Waals surface area contributed by atoms with Gasteiger partial charge in [-0.3, -0.25) is 19.4 Å².